The summed E-state index contributed by atoms with van der Waals surface area (Å²) in [5.41, 5.74) is 8.67. The molecule has 142 valence electrons. The summed E-state index contributed by atoms with van der Waals surface area (Å²) in [4.78, 5) is 0. The van der Waals surface area contributed by atoms with Gasteiger partial charge in [-0.3, -0.25) is 0 Å². The lowest BCUT2D eigenvalue weighted by molar-refractivity contribution is 0.266. The Kier molecular flexibility index (Phi) is 7.99. The number of rotatable bonds is 8. The SMILES string of the molecule is COc1ccccc1-c1ccc(OCCN)c(OCc2ccccc2)c1.Cl. The molecule has 0 aliphatic heterocycles. The van der Waals surface area contributed by atoms with Gasteiger partial charge in [0.05, 0.1) is 7.11 Å². The van der Waals surface area contributed by atoms with E-state index < -0.39 is 0 Å². The third-order valence-electron chi connectivity index (χ3n) is 3.97. The van der Waals surface area contributed by atoms with Crippen molar-refractivity contribution in [1.29, 1.82) is 0 Å². The van der Waals surface area contributed by atoms with Gasteiger partial charge >= 0.3 is 0 Å². The number of halogens is 1. The maximum absolute atomic E-state index is 6.05. The Morgan fingerprint density at radius 1 is 0.778 bits per heavy atom. The molecule has 3 aromatic rings. The summed E-state index contributed by atoms with van der Waals surface area (Å²) < 4.78 is 17.3. The van der Waals surface area contributed by atoms with E-state index in [-0.39, 0.29) is 12.4 Å². The molecule has 0 atom stereocenters. The summed E-state index contributed by atoms with van der Waals surface area (Å²) in [6.45, 7) is 1.36. The average Bonchev–Trinajstić information content (AvgIpc) is 2.71. The largest absolute Gasteiger partial charge is 0.496 e. The second kappa shape index (κ2) is 10.5. The molecule has 0 aliphatic carbocycles. The van der Waals surface area contributed by atoms with Crippen LogP contribution in [0.5, 0.6) is 17.2 Å². The molecular formula is C22H24ClNO3. The van der Waals surface area contributed by atoms with Crippen LogP contribution in [0.3, 0.4) is 0 Å². The number of hydrogen-bond donors (Lipinski definition) is 1. The molecule has 0 unspecified atom stereocenters. The molecule has 2 N–H and O–H groups in total. The maximum atomic E-state index is 6.05. The minimum absolute atomic E-state index is 0. The zero-order valence-corrected chi connectivity index (χ0v) is 16.1. The maximum Gasteiger partial charge on any atom is 0.162 e. The summed E-state index contributed by atoms with van der Waals surface area (Å²) in [6.07, 6.45) is 0. The van der Waals surface area contributed by atoms with E-state index in [9.17, 15) is 0 Å². The van der Waals surface area contributed by atoms with Crippen molar-refractivity contribution in [2.24, 2.45) is 5.73 Å². The van der Waals surface area contributed by atoms with Crippen molar-refractivity contribution < 1.29 is 14.2 Å². The minimum Gasteiger partial charge on any atom is -0.496 e. The number of ether oxygens (including phenoxy) is 3. The Morgan fingerprint density at radius 2 is 1.52 bits per heavy atom. The lowest BCUT2D eigenvalue weighted by Gasteiger charge is -2.15. The van der Waals surface area contributed by atoms with Crippen LogP contribution in [-0.2, 0) is 6.61 Å². The van der Waals surface area contributed by atoms with E-state index in [1.807, 2.05) is 72.8 Å². The first-order chi connectivity index (χ1) is 12.8. The zero-order valence-electron chi connectivity index (χ0n) is 15.3. The molecule has 0 aromatic heterocycles. The molecule has 0 amide bonds. The van der Waals surface area contributed by atoms with Gasteiger partial charge in [0.25, 0.3) is 0 Å². The monoisotopic (exact) mass is 385 g/mol. The lowest BCUT2D eigenvalue weighted by Crippen LogP contribution is -2.11. The second-order valence-corrected chi connectivity index (χ2v) is 5.77. The number of hydrogen-bond acceptors (Lipinski definition) is 4. The van der Waals surface area contributed by atoms with Gasteiger partial charge in [0, 0.05) is 12.1 Å². The standard InChI is InChI=1S/C22H23NO3.ClH/c1-24-20-10-6-5-9-19(20)18-11-12-21(25-14-13-23)22(15-18)26-16-17-7-3-2-4-8-17;/h2-12,15H,13-14,16,23H2,1H3;1H. The third kappa shape index (κ3) is 5.39. The first-order valence-electron chi connectivity index (χ1n) is 8.59. The number of para-hydroxylation sites is 1. The normalized spacial score (nSPS) is 10.0. The minimum atomic E-state index is 0. The molecule has 0 aliphatic rings. The smallest absolute Gasteiger partial charge is 0.162 e. The van der Waals surface area contributed by atoms with Gasteiger partial charge < -0.3 is 19.9 Å². The van der Waals surface area contributed by atoms with Crippen molar-refractivity contribution in [2.45, 2.75) is 6.61 Å². The van der Waals surface area contributed by atoms with Crippen molar-refractivity contribution >= 4 is 12.4 Å². The summed E-state index contributed by atoms with van der Waals surface area (Å²) >= 11 is 0. The van der Waals surface area contributed by atoms with Crippen molar-refractivity contribution in [3.05, 3.63) is 78.4 Å². The van der Waals surface area contributed by atoms with Gasteiger partial charge in [-0.1, -0.05) is 54.6 Å². The second-order valence-electron chi connectivity index (χ2n) is 5.77. The van der Waals surface area contributed by atoms with Crippen LogP contribution in [0.15, 0.2) is 72.8 Å². The predicted octanol–water partition coefficient (Wildman–Crippen LogP) is 4.70. The first kappa shape index (κ1) is 20.6. The summed E-state index contributed by atoms with van der Waals surface area (Å²) in [7, 11) is 1.67. The van der Waals surface area contributed by atoms with E-state index >= 15 is 0 Å². The van der Waals surface area contributed by atoms with Crippen LogP contribution < -0.4 is 19.9 Å². The molecule has 0 bridgehead atoms. The van der Waals surface area contributed by atoms with Gasteiger partial charge in [-0.05, 0) is 29.3 Å². The van der Waals surface area contributed by atoms with E-state index in [4.69, 9.17) is 19.9 Å². The lowest BCUT2D eigenvalue weighted by atomic mass is 10.0. The summed E-state index contributed by atoms with van der Waals surface area (Å²) in [6, 6.07) is 23.8. The Labute approximate surface area is 166 Å². The highest BCUT2D eigenvalue weighted by Crippen LogP contribution is 2.36. The quantitative estimate of drug-likeness (QED) is 0.610. The van der Waals surface area contributed by atoms with Crippen LogP contribution in [0.25, 0.3) is 11.1 Å². The molecule has 3 aromatic carbocycles. The van der Waals surface area contributed by atoms with Crippen LogP contribution >= 0.6 is 12.4 Å². The van der Waals surface area contributed by atoms with Crippen molar-refractivity contribution in [3.63, 3.8) is 0 Å². The van der Waals surface area contributed by atoms with Gasteiger partial charge in [0.15, 0.2) is 11.5 Å². The van der Waals surface area contributed by atoms with Gasteiger partial charge in [0.2, 0.25) is 0 Å². The Bertz CT molecular complexity index is 840. The highest BCUT2D eigenvalue weighted by molar-refractivity contribution is 5.85. The summed E-state index contributed by atoms with van der Waals surface area (Å²) in [5.74, 6) is 2.19. The number of benzene rings is 3. The fraction of sp³-hybridized carbons (Fsp3) is 0.182. The molecule has 27 heavy (non-hydrogen) atoms. The van der Waals surface area contributed by atoms with Gasteiger partial charge in [0.1, 0.15) is 19.0 Å². The number of nitrogens with two attached hydrogens (primary N) is 1. The number of methoxy groups -OCH3 is 1. The highest BCUT2D eigenvalue weighted by Gasteiger charge is 2.11. The van der Waals surface area contributed by atoms with Crippen LogP contribution in [-0.4, -0.2) is 20.3 Å². The molecule has 0 radical (unpaired) electrons. The average molecular weight is 386 g/mol. The molecule has 0 fully saturated rings. The van der Waals surface area contributed by atoms with E-state index in [1.54, 1.807) is 7.11 Å². The van der Waals surface area contributed by atoms with Gasteiger partial charge in [-0.2, -0.15) is 0 Å². The molecule has 0 saturated heterocycles. The van der Waals surface area contributed by atoms with E-state index in [0.717, 1.165) is 22.4 Å². The topological polar surface area (TPSA) is 53.7 Å². The van der Waals surface area contributed by atoms with Crippen LogP contribution in [0.1, 0.15) is 5.56 Å². The van der Waals surface area contributed by atoms with Gasteiger partial charge in [-0.15, -0.1) is 12.4 Å². The van der Waals surface area contributed by atoms with E-state index in [1.165, 1.54) is 0 Å². The molecule has 0 heterocycles. The van der Waals surface area contributed by atoms with Crippen molar-refractivity contribution in [1.82, 2.24) is 0 Å². The molecule has 4 nitrogen and oxygen atoms in total. The Balaban J connectivity index is 0.00000261. The molecular weight excluding hydrogens is 362 g/mol. The molecule has 5 heteroatoms. The van der Waals surface area contributed by atoms with E-state index in [2.05, 4.69) is 0 Å². The van der Waals surface area contributed by atoms with Crippen LogP contribution in [0.4, 0.5) is 0 Å². The van der Waals surface area contributed by atoms with Crippen molar-refractivity contribution in [2.75, 3.05) is 20.3 Å². The molecule has 3 rings (SSSR count). The fourth-order valence-electron chi connectivity index (χ4n) is 2.69. The van der Waals surface area contributed by atoms with E-state index in [0.29, 0.717) is 31.3 Å². The van der Waals surface area contributed by atoms with Gasteiger partial charge in [-0.25, -0.2) is 0 Å². The van der Waals surface area contributed by atoms with Crippen molar-refractivity contribution in [3.8, 4) is 28.4 Å². The summed E-state index contributed by atoms with van der Waals surface area (Å²) in [5, 5.41) is 0. The molecule has 0 saturated carbocycles. The molecule has 0 spiro atoms. The Morgan fingerprint density at radius 3 is 2.26 bits per heavy atom. The first-order valence-corrected chi connectivity index (χ1v) is 8.59. The fourth-order valence-corrected chi connectivity index (χ4v) is 2.69. The third-order valence-corrected chi connectivity index (χ3v) is 3.97. The zero-order chi connectivity index (χ0) is 18.2. The Hall–Kier alpha value is -2.69. The van der Waals surface area contributed by atoms with Crippen LogP contribution in [0, 0.1) is 0 Å². The van der Waals surface area contributed by atoms with Crippen LogP contribution in [0.2, 0.25) is 0 Å². The highest BCUT2D eigenvalue weighted by atomic mass is 35.5. The predicted molar refractivity (Wildman–Crippen MR) is 111 cm³/mol.